The smallest absolute Gasteiger partial charge is 0.257 e. The van der Waals surface area contributed by atoms with Gasteiger partial charge in [0.25, 0.3) is 5.91 Å². The molecule has 1 saturated heterocycles. The van der Waals surface area contributed by atoms with E-state index in [9.17, 15) is 4.79 Å². The van der Waals surface area contributed by atoms with E-state index in [0.717, 1.165) is 29.6 Å². The number of halogens is 2. The summed E-state index contributed by atoms with van der Waals surface area (Å²) in [6, 6.07) is 12.8. The zero-order valence-electron chi connectivity index (χ0n) is 16.0. The summed E-state index contributed by atoms with van der Waals surface area (Å²) in [6.45, 7) is 1.28. The molecule has 4 aromatic rings. The van der Waals surface area contributed by atoms with Crippen LogP contribution >= 0.6 is 23.2 Å². The van der Waals surface area contributed by atoms with Gasteiger partial charge in [0.15, 0.2) is 11.5 Å². The van der Waals surface area contributed by atoms with E-state index in [2.05, 4.69) is 10.1 Å². The minimum absolute atomic E-state index is 0.0314. The van der Waals surface area contributed by atoms with Crippen LogP contribution in [0.1, 0.15) is 35.0 Å². The lowest BCUT2D eigenvalue weighted by molar-refractivity contribution is 0.0706. The molecule has 0 saturated carbocycles. The van der Waals surface area contributed by atoms with Crippen LogP contribution in [0.15, 0.2) is 59.3 Å². The van der Waals surface area contributed by atoms with Crippen LogP contribution < -0.4 is 0 Å². The number of likely N-dealkylation sites (tertiary alicyclic amines) is 1. The molecule has 1 amide bonds. The SMILES string of the molecule is O=C(c1cnn(-c2ccccc2Cl)c1)N1CCC(c2nc3cc(Cl)ccc3o2)CC1. The fraction of sp³-hybridized carbons (Fsp3) is 0.227. The van der Waals surface area contributed by atoms with E-state index >= 15 is 0 Å². The van der Waals surface area contributed by atoms with Crippen molar-refractivity contribution in [3.05, 3.63) is 76.4 Å². The molecule has 152 valence electrons. The first kappa shape index (κ1) is 19.2. The maximum absolute atomic E-state index is 12.9. The second kappa shape index (κ2) is 7.78. The van der Waals surface area contributed by atoms with E-state index in [1.165, 1.54) is 0 Å². The number of benzene rings is 2. The third-order valence-corrected chi connectivity index (χ3v) is 5.98. The van der Waals surface area contributed by atoms with Gasteiger partial charge in [-0.05, 0) is 43.2 Å². The van der Waals surface area contributed by atoms with Crippen molar-refractivity contribution in [2.24, 2.45) is 0 Å². The van der Waals surface area contributed by atoms with Gasteiger partial charge in [0.2, 0.25) is 0 Å². The van der Waals surface area contributed by atoms with E-state index in [0.29, 0.717) is 34.6 Å². The largest absolute Gasteiger partial charge is 0.440 e. The maximum Gasteiger partial charge on any atom is 0.257 e. The highest BCUT2D eigenvalue weighted by Gasteiger charge is 2.28. The Labute approximate surface area is 183 Å². The lowest BCUT2D eigenvalue weighted by Crippen LogP contribution is -2.37. The van der Waals surface area contributed by atoms with E-state index in [1.807, 2.05) is 29.2 Å². The molecule has 2 aromatic carbocycles. The summed E-state index contributed by atoms with van der Waals surface area (Å²) in [6.07, 6.45) is 4.90. The number of para-hydroxylation sites is 1. The van der Waals surface area contributed by atoms with Gasteiger partial charge in [-0.3, -0.25) is 4.79 Å². The van der Waals surface area contributed by atoms with Gasteiger partial charge < -0.3 is 9.32 Å². The molecule has 3 heterocycles. The monoisotopic (exact) mass is 440 g/mol. The molecular weight excluding hydrogens is 423 g/mol. The number of hydrogen-bond donors (Lipinski definition) is 0. The van der Waals surface area contributed by atoms with Gasteiger partial charge in [0.05, 0.1) is 22.5 Å². The average molecular weight is 441 g/mol. The zero-order chi connectivity index (χ0) is 20.7. The van der Waals surface area contributed by atoms with Crippen LogP contribution in [-0.4, -0.2) is 38.7 Å². The van der Waals surface area contributed by atoms with Crippen LogP contribution in [0.5, 0.6) is 0 Å². The van der Waals surface area contributed by atoms with Crippen molar-refractivity contribution in [2.75, 3.05) is 13.1 Å². The number of aromatic nitrogens is 3. The Bertz CT molecular complexity index is 1220. The Morgan fingerprint density at radius 2 is 1.90 bits per heavy atom. The zero-order valence-corrected chi connectivity index (χ0v) is 17.5. The first-order valence-corrected chi connectivity index (χ1v) is 10.5. The van der Waals surface area contributed by atoms with Crippen molar-refractivity contribution in [3.63, 3.8) is 0 Å². The van der Waals surface area contributed by atoms with Crippen molar-refractivity contribution in [1.29, 1.82) is 0 Å². The molecule has 2 aromatic heterocycles. The number of hydrogen-bond acceptors (Lipinski definition) is 4. The molecular formula is C22H18Cl2N4O2. The minimum atomic E-state index is -0.0314. The molecule has 1 aliphatic heterocycles. The number of fused-ring (bicyclic) bond motifs is 1. The second-order valence-electron chi connectivity index (χ2n) is 7.36. The predicted molar refractivity (Wildman–Crippen MR) is 115 cm³/mol. The molecule has 0 N–H and O–H groups in total. The number of rotatable bonds is 3. The molecule has 1 aliphatic rings. The Hall–Kier alpha value is -2.83. The molecule has 0 aliphatic carbocycles. The summed E-state index contributed by atoms with van der Waals surface area (Å²) in [4.78, 5) is 19.4. The predicted octanol–water partition coefficient (Wildman–Crippen LogP) is 5.34. The summed E-state index contributed by atoms with van der Waals surface area (Å²) >= 11 is 12.3. The van der Waals surface area contributed by atoms with Crippen molar-refractivity contribution < 1.29 is 9.21 Å². The molecule has 0 bridgehead atoms. The number of carbonyl (C=O) groups is 1. The van der Waals surface area contributed by atoms with Crippen molar-refractivity contribution in [2.45, 2.75) is 18.8 Å². The van der Waals surface area contributed by atoms with Gasteiger partial charge in [-0.15, -0.1) is 0 Å². The lowest BCUT2D eigenvalue weighted by atomic mass is 9.96. The quantitative estimate of drug-likeness (QED) is 0.431. The Morgan fingerprint density at radius 1 is 1.10 bits per heavy atom. The fourth-order valence-corrected chi connectivity index (χ4v) is 4.20. The summed E-state index contributed by atoms with van der Waals surface area (Å²) in [5, 5.41) is 5.53. The van der Waals surface area contributed by atoms with Crippen LogP contribution in [0, 0.1) is 0 Å². The van der Waals surface area contributed by atoms with Crippen molar-refractivity contribution >= 4 is 40.2 Å². The van der Waals surface area contributed by atoms with E-state index < -0.39 is 0 Å². The molecule has 5 rings (SSSR count). The van der Waals surface area contributed by atoms with Crippen LogP contribution in [0.4, 0.5) is 0 Å². The normalized spacial score (nSPS) is 15.1. The van der Waals surface area contributed by atoms with Gasteiger partial charge in [0, 0.05) is 30.2 Å². The molecule has 6 nitrogen and oxygen atoms in total. The van der Waals surface area contributed by atoms with Crippen LogP contribution in [0.2, 0.25) is 10.0 Å². The standard InChI is InChI=1S/C22H18Cl2N4O2/c23-16-5-6-20-18(11-16)26-21(30-20)14-7-9-27(10-8-14)22(29)15-12-25-28(13-15)19-4-2-1-3-17(19)24/h1-6,11-14H,7-10H2. The summed E-state index contributed by atoms with van der Waals surface area (Å²) in [5.74, 6) is 0.869. The molecule has 1 fully saturated rings. The third-order valence-electron chi connectivity index (χ3n) is 5.43. The minimum Gasteiger partial charge on any atom is -0.440 e. The summed E-state index contributed by atoms with van der Waals surface area (Å²) < 4.78 is 7.54. The highest BCUT2D eigenvalue weighted by Crippen LogP contribution is 2.31. The number of nitrogens with zero attached hydrogens (tertiary/aromatic N) is 4. The van der Waals surface area contributed by atoms with Crippen LogP contribution in [-0.2, 0) is 0 Å². The second-order valence-corrected chi connectivity index (χ2v) is 8.20. The summed E-state index contributed by atoms with van der Waals surface area (Å²) in [5.41, 5.74) is 2.79. The number of oxazole rings is 1. The van der Waals surface area contributed by atoms with Gasteiger partial charge >= 0.3 is 0 Å². The molecule has 0 radical (unpaired) electrons. The van der Waals surface area contributed by atoms with Gasteiger partial charge in [-0.2, -0.15) is 5.10 Å². The summed E-state index contributed by atoms with van der Waals surface area (Å²) in [7, 11) is 0. The fourth-order valence-electron chi connectivity index (χ4n) is 3.81. The first-order valence-electron chi connectivity index (χ1n) is 9.73. The van der Waals surface area contributed by atoms with Gasteiger partial charge in [-0.25, -0.2) is 9.67 Å². The highest BCUT2D eigenvalue weighted by molar-refractivity contribution is 6.32. The van der Waals surface area contributed by atoms with Gasteiger partial charge in [-0.1, -0.05) is 35.3 Å². The van der Waals surface area contributed by atoms with E-state index in [4.69, 9.17) is 27.6 Å². The Kier molecular flexibility index (Phi) is 4.97. The molecule has 0 unspecified atom stereocenters. The number of piperidine rings is 1. The topological polar surface area (TPSA) is 64.2 Å². The van der Waals surface area contributed by atoms with Crippen LogP contribution in [0.25, 0.3) is 16.8 Å². The first-order chi connectivity index (χ1) is 14.6. The number of carbonyl (C=O) groups excluding carboxylic acids is 1. The lowest BCUT2D eigenvalue weighted by Gasteiger charge is -2.30. The Morgan fingerprint density at radius 3 is 2.70 bits per heavy atom. The van der Waals surface area contributed by atoms with E-state index in [-0.39, 0.29) is 11.8 Å². The molecule has 0 atom stereocenters. The highest BCUT2D eigenvalue weighted by atomic mass is 35.5. The molecule has 30 heavy (non-hydrogen) atoms. The van der Waals surface area contributed by atoms with E-state index in [1.54, 1.807) is 35.3 Å². The van der Waals surface area contributed by atoms with Crippen molar-refractivity contribution in [3.8, 4) is 5.69 Å². The Balaban J connectivity index is 1.27. The third kappa shape index (κ3) is 3.57. The van der Waals surface area contributed by atoms with Crippen molar-refractivity contribution in [1.82, 2.24) is 19.7 Å². The van der Waals surface area contributed by atoms with Crippen LogP contribution in [0.3, 0.4) is 0 Å². The van der Waals surface area contributed by atoms with Gasteiger partial charge in [0.1, 0.15) is 5.52 Å². The maximum atomic E-state index is 12.9. The average Bonchev–Trinajstić information content (AvgIpc) is 3.41. The molecule has 8 heteroatoms. The molecule has 0 spiro atoms. The number of amides is 1.